The molecule has 0 unspecified atom stereocenters. The van der Waals surface area contributed by atoms with Crippen molar-refractivity contribution in [3.05, 3.63) is 0 Å². The largest absolute Gasteiger partial charge is 0.459 e. The zero-order valence-corrected chi connectivity index (χ0v) is 8.31. The van der Waals surface area contributed by atoms with Crippen molar-refractivity contribution in [1.29, 1.82) is 0 Å². The maximum atomic E-state index is 11.0. The van der Waals surface area contributed by atoms with Crippen LogP contribution in [0.4, 0.5) is 0 Å². The molecule has 0 saturated carbocycles. The third-order valence-corrected chi connectivity index (χ3v) is 2.98. The van der Waals surface area contributed by atoms with Crippen molar-refractivity contribution >= 4 is 5.97 Å². The Morgan fingerprint density at radius 3 is 3.07 bits per heavy atom. The molecule has 14 heavy (non-hydrogen) atoms. The van der Waals surface area contributed by atoms with E-state index in [0.29, 0.717) is 6.42 Å². The Labute approximate surface area is 83.2 Å². The molecule has 1 N–H and O–H groups in total. The number of aliphatic hydroxyl groups is 1. The summed E-state index contributed by atoms with van der Waals surface area (Å²) < 4.78 is 10.5. The molecule has 0 bridgehead atoms. The molecule has 2 aliphatic rings. The number of hydrogen-bond acceptors (Lipinski definition) is 4. The summed E-state index contributed by atoms with van der Waals surface area (Å²) in [4.78, 5) is 11.0. The van der Waals surface area contributed by atoms with Crippen molar-refractivity contribution in [3.63, 3.8) is 0 Å². The van der Waals surface area contributed by atoms with Crippen LogP contribution in [0.25, 0.3) is 0 Å². The monoisotopic (exact) mass is 200 g/mol. The number of carbonyl (C=O) groups excluding carboxylic acids is 1. The summed E-state index contributed by atoms with van der Waals surface area (Å²) in [6.07, 6.45) is 2.18. The molecule has 2 fully saturated rings. The molecule has 0 aromatic rings. The Kier molecular flexibility index (Phi) is 2.74. The zero-order valence-electron chi connectivity index (χ0n) is 8.31. The first kappa shape index (κ1) is 9.93. The number of esters is 1. The van der Waals surface area contributed by atoms with Crippen LogP contribution in [-0.4, -0.2) is 29.6 Å². The van der Waals surface area contributed by atoms with Gasteiger partial charge >= 0.3 is 5.97 Å². The lowest BCUT2D eigenvalue weighted by molar-refractivity contribution is -0.152. The van der Waals surface area contributed by atoms with E-state index >= 15 is 0 Å². The number of carbonyl (C=O) groups is 1. The highest BCUT2D eigenvalue weighted by Crippen LogP contribution is 2.37. The van der Waals surface area contributed by atoms with E-state index < -0.39 is 6.29 Å². The maximum absolute atomic E-state index is 11.0. The average Bonchev–Trinajstić information content (AvgIpc) is 2.64. The Bertz CT molecular complexity index is 228. The minimum Gasteiger partial charge on any atom is -0.459 e. The van der Waals surface area contributed by atoms with Gasteiger partial charge in [0.2, 0.25) is 0 Å². The predicted molar refractivity (Wildman–Crippen MR) is 48.4 cm³/mol. The first-order valence-electron chi connectivity index (χ1n) is 5.25. The third kappa shape index (κ3) is 1.64. The molecule has 2 heterocycles. The molecule has 2 saturated heterocycles. The van der Waals surface area contributed by atoms with E-state index in [1.165, 1.54) is 0 Å². The lowest BCUT2D eigenvalue weighted by Gasteiger charge is -2.15. The molecule has 80 valence electrons. The van der Waals surface area contributed by atoms with E-state index in [1.807, 2.05) is 0 Å². The lowest BCUT2D eigenvalue weighted by Crippen LogP contribution is -2.24. The van der Waals surface area contributed by atoms with Crippen LogP contribution < -0.4 is 0 Å². The van der Waals surface area contributed by atoms with Crippen LogP contribution in [0.3, 0.4) is 0 Å². The van der Waals surface area contributed by atoms with Gasteiger partial charge in [0.05, 0.1) is 18.4 Å². The summed E-state index contributed by atoms with van der Waals surface area (Å²) >= 11 is 0. The van der Waals surface area contributed by atoms with Crippen LogP contribution in [0.1, 0.15) is 32.6 Å². The summed E-state index contributed by atoms with van der Waals surface area (Å²) in [6.45, 7) is 2.10. The predicted octanol–water partition coefficient (Wildman–Crippen LogP) is 0.825. The fourth-order valence-electron chi connectivity index (χ4n) is 2.21. The maximum Gasteiger partial charge on any atom is 0.306 e. The molecule has 4 atom stereocenters. The molecule has 2 rings (SSSR count). The molecular weight excluding hydrogens is 184 g/mol. The molecule has 4 heteroatoms. The quantitative estimate of drug-likeness (QED) is 0.685. The number of fused-ring (bicyclic) bond motifs is 1. The van der Waals surface area contributed by atoms with Gasteiger partial charge in [-0.3, -0.25) is 4.79 Å². The number of ether oxygens (including phenoxy) is 2. The molecular formula is C10H16O4. The van der Waals surface area contributed by atoms with Crippen LogP contribution in [0.15, 0.2) is 0 Å². The summed E-state index contributed by atoms with van der Waals surface area (Å²) in [5.41, 5.74) is 0. The highest BCUT2D eigenvalue weighted by atomic mass is 16.7. The molecule has 0 aromatic heterocycles. The average molecular weight is 200 g/mol. The van der Waals surface area contributed by atoms with E-state index in [9.17, 15) is 9.90 Å². The molecule has 4 nitrogen and oxygen atoms in total. The second kappa shape index (κ2) is 3.87. The first-order chi connectivity index (χ1) is 6.72. The molecule has 0 radical (unpaired) electrons. The summed E-state index contributed by atoms with van der Waals surface area (Å²) in [5.74, 6) is -0.340. The van der Waals surface area contributed by atoms with Gasteiger partial charge < -0.3 is 14.6 Å². The molecule has 0 aromatic carbocycles. The van der Waals surface area contributed by atoms with Crippen molar-refractivity contribution in [2.45, 2.75) is 51.1 Å². The third-order valence-electron chi connectivity index (χ3n) is 2.98. The topological polar surface area (TPSA) is 55.8 Å². The van der Waals surface area contributed by atoms with Gasteiger partial charge in [-0.05, 0) is 6.42 Å². The van der Waals surface area contributed by atoms with E-state index in [-0.39, 0.29) is 24.1 Å². The van der Waals surface area contributed by atoms with Crippen molar-refractivity contribution in [3.8, 4) is 0 Å². The van der Waals surface area contributed by atoms with Gasteiger partial charge in [-0.25, -0.2) is 0 Å². The standard InChI is InChI=1S/C10H16O4/c1-2-3-4-7-9-6(10(12)13-7)5-8(11)14-9/h6-7,9-10,12H,2-5H2,1H3/t6-,7+,9+,10-/m1/s1. The summed E-state index contributed by atoms with van der Waals surface area (Å²) in [5, 5.41) is 9.53. The minimum atomic E-state index is -0.812. The van der Waals surface area contributed by atoms with Crippen LogP contribution in [0.5, 0.6) is 0 Å². The van der Waals surface area contributed by atoms with E-state index in [1.54, 1.807) is 0 Å². The summed E-state index contributed by atoms with van der Waals surface area (Å²) in [7, 11) is 0. The first-order valence-corrected chi connectivity index (χ1v) is 5.25. The molecule has 0 aliphatic carbocycles. The smallest absolute Gasteiger partial charge is 0.306 e. The molecule has 0 spiro atoms. The van der Waals surface area contributed by atoms with Gasteiger partial charge in [0.15, 0.2) is 6.29 Å². The zero-order chi connectivity index (χ0) is 10.1. The Hall–Kier alpha value is -0.610. The van der Waals surface area contributed by atoms with Crippen LogP contribution in [-0.2, 0) is 14.3 Å². The van der Waals surface area contributed by atoms with Gasteiger partial charge in [-0.1, -0.05) is 19.8 Å². The molecule has 2 aliphatic heterocycles. The number of rotatable bonds is 3. The second-order valence-electron chi connectivity index (χ2n) is 4.03. The van der Waals surface area contributed by atoms with Crippen LogP contribution in [0.2, 0.25) is 0 Å². The van der Waals surface area contributed by atoms with Crippen molar-refractivity contribution in [2.24, 2.45) is 5.92 Å². The highest BCUT2D eigenvalue weighted by Gasteiger charge is 2.50. The SMILES string of the molecule is CCCC[C@@H]1O[C@@H](O)[C@@H]2CC(=O)O[C@@H]21. The van der Waals surface area contributed by atoms with Crippen molar-refractivity contribution in [2.75, 3.05) is 0 Å². The van der Waals surface area contributed by atoms with E-state index in [2.05, 4.69) is 6.92 Å². The lowest BCUT2D eigenvalue weighted by atomic mass is 9.97. The van der Waals surface area contributed by atoms with Gasteiger partial charge in [0.1, 0.15) is 6.10 Å². The second-order valence-corrected chi connectivity index (χ2v) is 4.03. The number of unbranched alkanes of at least 4 members (excludes halogenated alkanes) is 1. The Morgan fingerprint density at radius 1 is 1.57 bits per heavy atom. The summed E-state index contributed by atoms with van der Waals surface area (Å²) in [6, 6.07) is 0. The van der Waals surface area contributed by atoms with E-state index in [4.69, 9.17) is 9.47 Å². The van der Waals surface area contributed by atoms with Crippen molar-refractivity contribution < 1.29 is 19.4 Å². The van der Waals surface area contributed by atoms with Gasteiger partial charge in [-0.15, -0.1) is 0 Å². The normalized spacial score (nSPS) is 41.1. The van der Waals surface area contributed by atoms with Gasteiger partial charge in [-0.2, -0.15) is 0 Å². The van der Waals surface area contributed by atoms with Crippen LogP contribution in [0, 0.1) is 5.92 Å². The van der Waals surface area contributed by atoms with E-state index in [0.717, 1.165) is 19.3 Å². The fraction of sp³-hybridized carbons (Fsp3) is 0.900. The van der Waals surface area contributed by atoms with Crippen LogP contribution >= 0.6 is 0 Å². The number of hydrogen-bond donors (Lipinski definition) is 1. The highest BCUT2D eigenvalue weighted by molar-refractivity contribution is 5.72. The Balaban J connectivity index is 1.97. The number of aliphatic hydroxyl groups excluding tert-OH is 1. The minimum absolute atomic E-state index is 0.0959. The Morgan fingerprint density at radius 2 is 2.36 bits per heavy atom. The fourth-order valence-corrected chi connectivity index (χ4v) is 2.21. The van der Waals surface area contributed by atoms with Gasteiger partial charge in [0, 0.05) is 0 Å². The molecule has 0 amide bonds. The van der Waals surface area contributed by atoms with Crippen molar-refractivity contribution in [1.82, 2.24) is 0 Å². The van der Waals surface area contributed by atoms with Gasteiger partial charge in [0.25, 0.3) is 0 Å².